The molecule has 0 saturated carbocycles. The van der Waals surface area contributed by atoms with Crippen molar-refractivity contribution in [2.75, 3.05) is 13.2 Å². The molecule has 0 unspecified atom stereocenters. The summed E-state index contributed by atoms with van der Waals surface area (Å²) >= 11 is 0. The minimum Gasteiger partial charge on any atom is -0.381 e. The van der Waals surface area contributed by atoms with Gasteiger partial charge in [-0.3, -0.25) is 9.89 Å². The number of nitrogens with one attached hydrogen (secondary N) is 1. The number of fused-ring (bicyclic) bond motifs is 1. The van der Waals surface area contributed by atoms with Gasteiger partial charge in [-0.05, 0) is 31.1 Å². The summed E-state index contributed by atoms with van der Waals surface area (Å²) in [6, 6.07) is 0. The van der Waals surface area contributed by atoms with Crippen LogP contribution in [0.4, 0.5) is 0 Å². The first-order valence-electron chi connectivity index (χ1n) is 6.41. The van der Waals surface area contributed by atoms with Gasteiger partial charge in [-0.2, -0.15) is 5.10 Å². The molecule has 1 aliphatic carbocycles. The molecule has 1 fully saturated rings. The van der Waals surface area contributed by atoms with Crippen LogP contribution in [0.1, 0.15) is 47.9 Å². The predicted octanol–water partition coefficient (Wildman–Crippen LogP) is 1.90. The maximum Gasteiger partial charge on any atom is 0.167 e. The minimum absolute atomic E-state index is 0.139. The fourth-order valence-electron chi connectivity index (χ4n) is 3.16. The van der Waals surface area contributed by atoms with E-state index in [1.165, 1.54) is 0 Å². The SMILES string of the molecule is CCc1n[nH]c2c1C(=O)CC1(CCOCC1)C2. The van der Waals surface area contributed by atoms with Crippen molar-refractivity contribution in [1.29, 1.82) is 0 Å². The first-order chi connectivity index (χ1) is 8.24. The number of nitrogens with zero attached hydrogens (tertiary/aromatic N) is 1. The third-order valence-corrected chi connectivity index (χ3v) is 4.17. The minimum atomic E-state index is 0.139. The molecule has 2 heterocycles. The van der Waals surface area contributed by atoms with E-state index in [0.29, 0.717) is 6.42 Å². The van der Waals surface area contributed by atoms with Crippen molar-refractivity contribution in [3.8, 4) is 0 Å². The largest absolute Gasteiger partial charge is 0.381 e. The van der Waals surface area contributed by atoms with Crippen molar-refractivity contribution in [1.82, 2.24) is 10.2 Å². The quantitative estimate of drug-likeness (QED) is 0.807. The summed E-state index contributed by atoms with van der Waals surface area (Å²) < 4.78 is 5.41. The van der Waals surface area contributed by atoms with E-state index in [1.807, 2.05) is 6.92 Å². The molecule has 1 spiro atoms. The molecule has 4 heteroatoms. The smallest absolute Gasteiger partial charge is 0.167 e. The number of carbonyl (C=O) groups is 1. The van der Waals surface area contributed by atoms with Crippen LogP contribution in [0, 0.1) is 5.41 Å². The molecule has 1 aliphatic heterocycles. The lowest BCUT2D eigenvalue weighted by atomic mass is 9.68. The van der Waals surface area contributed by atoms with Gasteiger partial charge in [0.2, 0.25) is 0 Å². The topological polar surface area (TPSA) is 55.0 Å². The van der Waals surface area contributed by atoms with E-state index in [-0.39, 0.29) is 11.2 Å². The highest BCUT2D eigenvalue weighted by Crippen LogP contribution is 2.43. The number of ketones is 1. The summed E-state index contributed by atoms with van der Waals surface area (Å²) in [6.45, 7) is 3.62. The van der Waals surface area contributed by atoms with Crippen molar-refractivity contribution in [2.24, 2.45) is 5.41 Å². The molecule has 0 radical (unpaired) electrons. The van der Waals surface area contributed by atoms with Gasteiger partial charge >= 0.3 is 0 Å². The molecule has 2 aliphatic rings. The number of carbonyl (C=O) groups excluding carboxylic acids is 1. The molecule has 3 rings (SSSR count). The summed E-state index contributed by atoms with van der Waals surface area (Å²) in [5.41, 5.74) is 3.01. The normalized spacial score (nSPS) is 22.8. The lowest BCUT2D eigenvalue weighted by Crippen LogP contribution is -2.37. The zero-order valence-electron chi connectivity index (χ0n) is 10.2. The highest BCUT2D eigenvalue weighted by molar-refractivity contribution is 5.99. The number of aromatic amines is 1. The van der Waals surface area contributed by atoms with E-state index < -0.39 is 0 Å². The van der Waals surface area contributed by atoms with Gasteiger partial charge in [0, 0.05) is 25.3 Å². The monoisotopic (exact) mass is 234 g/mol. The van der Waals surface area contributed by atoms with Crippen molar-refractivity contribution in [2.45, 2.75) is 39.0 Å². The summed E-state index contributed by atoms with van der Waals surface area (Å²) in [5.74, 6) is 0.277. The van der Waals surface area contributed by atoms with Crippen LogP contribution in [0.15, 0.2) is 0 Å². The van der Waals surface area contributed by atoms with E-state index in [0.717, 1.165) is 55.8 Å². The number of hydrogen-bond acceptors (Lipinski definition) is 3. The molecule has 1 saturated heterocycles. The molecule has 0 bridgehead atoms. The highest BCUT2D eigenvalue weighted by Gasteiger charge is 2.41. The van der Waals surface area contributed by atoms with Gasteiger partial charge in [-0.15, -0.1) is 0 Å². The maximum absolute atomic E-state index is 12.3. The van der Waals surface area contributed by atoms with Crippen LogP contribution in [0.3, 0.4) is 0 Å². The van der Waals surface area contributed by atoms with Crippen LogP contribution in [-0.2, 0) is 17.6 Å². The van der Waals surface area contributed by atoms with Gasteiger partial charge in [-0.1, -0.05) is 6.92 Å². The standard InChI is InChI=1S/C13H18N2O2/c1-2-9-12-10(15-14-9)7-13(8-11(12)16)3-5-17-6-4-13/h2-8H2,1H3,(H,14,15). The predicted molar refractivity (Wildman–Crippen MR) is 63.1 cm³/mol. The van der Waals surface area contributed by atoms with E-state index in [1.54, 1.807) is 0 Å². The van der Waals surface area contributed by atoms with E-state index >= 15 is 0 Å². The van der Waals surface area contributed by atoms with Crippen molar-refractivity contribution >= 4 is 5.78 Å². The summed E-state index contributed by atoms with van der Waals surface area (Å²) in [6.07, 6.45) is 4.46. The Morgan fingerprint density at radius 2 is 2.12 bits per heavy atom. The number of rotatable bonds is 1. The molecule has 0 atom stereocenters. The van der Waals surface area contributed by atoms with Crippen LogP contribution >= 0.6 is 0 Å². The molecule has 1 aromatic rings. The van der Waals surface area contributed by atoms with Gasteiger partial charge in [-0.25, -0.2) is 0 Å². The Labute approximate surface area is 101 Å². The number of hydrogen-bond donors (Lipinski definition) is 1. The zero-order chi connectivity index (χ0) is 11.9. The van der Waals surface area contributed by atoms with E-state index in [9.17, 15) is 4.79 Å². The van der Waals surface area contributed by atoms with Gasteiger partial charge in [0.15, 0.2) is 5.78 Å². The fourth-order valence-corrected chi connectivity index (χ4v) is 3.16. The molecular formula is C13H18N2O2. The van der Waals surface area contributed by atoms with Crippen LogP contribution in [-0.4, -0.2) is 29.2 Å². The summed E-state index contributed by atoms with van der Waals surface area (Å²) in [5, 5.41) is 7.34. The van der Waals surface area contributed by atoms with E-state index in [2.05, 4.69) is 10.2 Å². The van der Waals surface area contributed by atoms with Gasteiger partial charge in [0.25, 0.3) is 0 Å². The van der Waals surface area contributed by atoms with Crippen LogP contribution < -0.4 is 0 Å². The maximum atomic E-state index is 12.3. The third-order valence-electron chi connectivity index (χ3n) is 4.17. The Hall–Kier alpha value is -1.16. The third kappa shape index (κ3) is 1.71. The average Bonchev–Trinajstić information content (AvgIpc) is 2.73. The first-order valence-corrected chi connectivity index (χ1v) is 6.41. The van der Waals surface area contributed by atoms with Crippen molar-refractivity contribution in [3.05, 3.63) is 17.0 Å². The van der Waals surface area contributed by atoms with E-state index in [4.69, 9.17) is 4.74 Å². The van der Waals surface area contributed by atoms with Gasteiger partial charge in [0.1, 0.15) is 0 Å². The lowest BCUT2D eigenvalue weighted by molar-refractivity contribution is 0.00886. The summed E-state index contributed by atoms with van der Waals surface area (Å²) in [7, 11) is 0. The molecule has 0 aromatic carbocycles. The Balaban J connectivity index is 1.95. The second kappa shape index (κ2) is 3.95. The zero-order valence-corrected chi connectivity index (χ0v) is 10.2. The number of aryl methyl sites for hydroxylation is 1. The van der Waals surface area contributed by atoms with Crippen LogP contribution in [0.2, 0.25) is 0 Å². The molecular weight excluding hydrogens is 216 g/mol. The molecule has 17 heavy (non-hydrogen) atoms. The highest BCUT2D eigenvalue weighted by atomic mass is 16.5. The Kier molecular flexibility index (Phi) is 2.54. The Morgan fingerprint density at radius 3 is 2.82 bits per heavy atom. The van der Waals surface area contributed by atoms with Crippen LogP contribution in [0.25, 0.3) is 0 Å². The van der Waals surface area contributed by atoms with Gasteiger partial charge < -0.3 is 4.74 Å². The van der Waals surface area contributed by atoms with Crippen molar-refractivity contribution in [3.63, 3.8) is 0 Å². The second-order valence-electron chi connectivity index (χ2n) is 5.27. The first kappa shape index (κ1) is 11.0. The van der Waals surface area contributed by atoms with Crippen molar-refractivity contribution < 1.29 is 9.53 Å². The molecule has 0 amide bonds. The number of H-pyrrole nitrogens is 1. The fraction of sp³-hybridized carbons (Fsp3) is 0.692. The lowest BCUT2D eigenvalue weighted by Gasteiger charge is -2.39. The van der Waals surface area contributed by atoms with Gasteiger partial charge in [0.05, 0.1) is 11.3 Å². The number of aromatic nitrogens is 2. The Bertz CT molecular complexity index is 444. The number of Topliss-reactive ketones (excluding diaryl/α,β-unsaturated/α-hetero) is 1. The molecule has 4 nitrogen and oxygen atoms in total. The molecule has 92 valence electrons. The summed E-state index contributed by atoms with van der Waals surface area (Å²) in [4.78, 5) is 12.3. The number of ether oxygens (including phenoxy) is 1. The average molecular weight is 234 g/mol. The molecule has 1 N–H and O–H groups in total. The van der Waals surface area contributed by atoms with Crippen LogP contribution in [0.5, 0.6) is 0 Å². The Morgan fingerprint density at radius 1 is 1.35 bits per heavy atom. The second-order valence-corrected chi connectivity index (χ2v) is 5.27. The molecule has 1 aromatic heterocycles.